The van der Waals surface area contributed by atoms with Crippen molar-refractivity contribution in [2.24, 2.45) is 5.92 Å². The van der Waals surface area contributed by atoms with Crippen LogP contribution in [0.15, 0.2) is 36.9 Å². The van der Waals surface area contributed by atoms with E-state index in [1.807, 2.05) is 13.8 Å². The Bertz CT molecular complexity index is 409. The van der Waals surface area contributed by atoms with Gasteiger partial charge in [0.15, 0.2) is 0 Å². The first-order chi connectivity index (χ1) is 10.3. The van der Waals surface area contributed by atoms with Crippen LogP contribution in [0.2, 0.25) is 0 Å². The summed E-state index contributed by atoms with van der Waals surface area (Å²) >= 11 is 0. The first-order valence-electron chi connectivity index (χ1n) is 8.83. The number of rotatable bonds is 3. The van der Waals surface area contributed by atoms with E-state index in [0.717, 1.165) is 6.04 Å². The number of likely N-dealkylation sites (tertiary alicyclic amines) is 1. The molecule has 0 unspecified atom stereocenters. The average Bonchev–Trinajstić information content (AvgIpc) is 3.11. The van der Waals surface area contributed by atoms with E-state index >= 15 is 0 Å². The lowest BCUT2D eigenvalue weighted by atomic mass is 9.79. The van der Waals surface area contributed by atoms with Gasteiger partial charge >= 0.3 is 0 Å². The smallest absolute Gasteiger partial charge is 0.00956 e. The lowest BCUT2D eigenvalue weighted by Crippen LogP contribution is -2.36. The highest BCUT2D eigenvalue weighted by atomic mass is 15.2. The molecule has 0 N–H and O–H groups in total. The molecule has 3 rings (SSSR count). The third-order valence-electron chi connectivity index (χ3n) is 4.99. The van der Waals surface area contributed by atoms with Gasteiger partial charge in [0.1, 0.15) is 0 Å². The summed E-state index contributed by atoms with van der Waals surface area (Å²) < 4.78 is 0. The minimum Gasteiger partial charge on any atom is -0.300 e. The van der Waals surface area contributed by atoms with Crippen molar-refractivity contribution in [3.63, 3.8) is 0 Å². The van der Waals surface area contributed by atoms with E-state index in [1.165, 1.54) is 62.8 Å². The summed E-state index contributed by atoms with van der Waals surface area (Å²) in [6.45, 7) is 11.0. The van der Waals surface area contributed by atoms with Crippen molar-refractivity contribution in [3.8, 4) is 0 Å². The Labute approximate surface area is 131 Å². The molecule has 1 aromatic rings. The van der Waals surface area contributed by atoms with Crippen LogP contribution in [0.5, 0.6) is 0 Å². The van der Waals surface area contributed by atoms with E-state index in [-0.39, 0.29) is 0 Å². The third-order valence-corrected chi connectivity index (χ3v) is 4.99. The molecule has 0 aromatic heterocycles. The highest BCUT2D eigenvalue weighted by Crippen LogP contribution is 2.36. The topological polar surface area (TPSA) is 3.24 Å². The minimum absolute atomic E-state index is 0.709. The second-order valence-corrected chi connectivity index (χ2v) is 6.14. The van der Waals surface area contributed by atoms with Crippen molar-refractivity contribution in [2.45, 2.75) is 58.4 Å². The van der Waals surface area contributed by atoms with Gasteiger partial charge in [-0.15, -0.1) is 0 Å². The molecule has 1 aliphatic carbocycles. The predicted molar refractivity (Wildman–Crippen MR) is 93.4 cm³/mol. The first kappa shape index (κ1) is 16.3. The van der Waals surface area contributed by atoms with Crippen molar-refractivity contribution in [1.29, 1.82) is 0 Å². The average molecular weight is 285 g/mol. The van der Waals surface area contributed by atoms with Gasteiger partial charge in [-0.1, -0.05) is 50.8 Å². The number of hydrogen-bond acceptors (Lipinski definition) is 1. The van der Waals surface area contributed by atoms with Crippen LogP contribution in [0.25, 0.3) is 5.57 Å². The Balaban J connectivity index is 0.000000774. The number of benzene rings is 1. The molecule has 0 radical (unpaired) electrons. The summed E-state index contributed by atoms with van der Waals surface area (Å²) in [5.41, 5.74) is 2.70. The van der Waals surface area contributed by atoms with Gasteiger partial charge in [-0.25, -0.2) is 0 Å². The number of hydrogen-bond donors (Lipinski definition) is 0. The van der Waals surface area contributed by atoms with Gasteiger partial charge in [-0.3, -0.25) is 0 Å². The summed E-state index contributed by atoms with van der Waals surface area (Å²) in [4.78, 5) is 2.72. The Hall–Kier alpha value is -1.08. The van der Waals surface area contributed by atoms with Crippen LogP contribution < -0.4 is 0 Å². The van der Waals surface area contributed by atoms with Crippen LogP contribution in [0.3, 0.4) is 0 Å². The van der Waals surface area contributed by atoms with Crippen molar-refractivity contribution in [2.75, 3.05) is 13.1 Å². The third kappa shape index (κ3) is 4.20. The maximum atomic E-state index is 4.36. The van der Waals surface area contributed by atoms with Crippen LogP contribution in [0.1, 0.15) is 57.9 Å². The Kier molecular flexibility index (Phi) is 6.50. The van der Waals surface area contributed by atoms with Gasteiger partial charge in [-0.2, -0.15) is 0 Å². The normalized spacial score (nSPS) is 26.0. The van der Waals surface area contributed by atoms with Crippen LogP contribution in [-0.4, -0.2) is 24.0 Å². The Morgan fingerprint density at radius 3 is 2.10 bits per heavy atom. The van der Waals surface area contributed by atoms with Crippen LogP contribution >= 0.6 is 0 Å². The molecular weight excluding hydrogens is 254 g/mol. The van der Waals surface area contributed by atoms with Crippen molar-refractivity contribution in [1.82, 2.24) is 4.90 Å². The molecule has 2 fully saturated rings. The van der Waals surface area contributed by atoms with Crippen molar-refractivity contribution >= 4 is 5.57 Å². The number of nitrogens with zero attached hydrogens (tertiary/aromatic N) is 1. The molecule has 1 aromatic carbocycles. The van der Waals surface area contributed by atoms with E-state index in [0.29, 0.717) is 5.92 Å². The Morgan fingerprint density at radius 2 is 1.52 bits per heavy atom. The monoisotopic (exact) mass is 285 g/mol. The van der Waals surface area contributed by atoms with E-state index in [9.17, 15) is 0 Å². The molecule has 0 atom stereocenters. The summed E-state index contributed by atoms with van der Waals surface area (Å²) in [6, 6.07) is 11.6. The molecule has 21 heavy (non-hydrogen) atoms. The van der Waals surface area contributed by atoms with E-state index in [2.05, 4.69) is 41.8 Å². The fourth-order valence-electron chi connectivity index (χ4n) is 3.78. The summed E-state index contributed by atoms with van der Waals surface area (Å²) in [7, 11) is 0. The summed E-state index contributed by atoms with van der Waals surface area (Å²) in [5.74, 6) is 0.709. The quantitative estimate of drug-likeness (QED) is 0.720. The van der Waals surface area contributed by atoms with Gasteiger partial charge in [0.25, 0.3) is 0 Å². The highest BCUT2D eigenvalue weighted by molar-refractivity contribution is 5.65. The molecule has 1 heterocycles. The van der Waals surface area contributed by atoms with Gasteiger partial charge in [0.2, 0.25) is 0 Å². The molecule has 1 nitrogen and oxygen atoms in total. The van der Waals surface area contributed by atoms with E-state index < -0.39 is 0 Å². The fourth-order valence-corrected chi connectivity index (χ4v) is 3.78. The zero-order valence-corrected chi connectivity index (χ0v) is 13.9. The summed E-state index contributed by atoms with van der Waals surface area (Å²) in [6.07, 6.45) is 8.23. The van der Waals surface area contributed by atoms with Crippen LogP contribution in [-0.2, 0) is 0 Å². The molecule has 0 amide bonds. The van der Waals surface area contributed by atoms with Crippen LogP contribution in [0.4, 0.5) is 0 Å². The zero-order valence-electron chi connectivity index (χ0n) is 13.9. The zero-order chi connectivity index (χ0) is 15.1. The van der Waals surface area contributed by atoms with Crippen LogP contribution in [0, 0.1) is 5.92 Å². The second-order valence-electron chi connectivity index (χ2n) is 6.14. The molecule has 2 aliphatic rings. The van der Waals surface area contributed by atoms with E-state index in [4.69, 9.17) is 0 Å². The molecule has 116 valence electrons. The molecule has 1 aliphatic heterocycles. The lowest BCUT2D eigenvalue weighted by molar-refractivity contribution is 0.178. The maximum absolute atomic E-state index is 4.36. The molecule has 1 heteroatoms. The highest BCUT2D eigenvalue weighted by Gasteiger charge is 2.28. The molecule has 1 saturated carbocycles. The largest absolute Gasteiger partial charge is 0.300 e. The lowest BCUT2D eigenvalue weighted by Gasteiger charge is -2.35. The Morgan fingerprint density at radius 1 is 0.952 bits per heavy atom. The predicted octanol–water partition coefficient (Wildman–Crippen LogP) is 5.38. The van der Waals surface area contributed by atoms with Gasteiger partial charge in [0.05, 0.1) is 0 Å². The van der Waals surface area contributed by atoms with Gasteiger partial charge in [-0.05, 0) is 68.7 Å². The van der Waals surface area contributed by atoms with Gasteiger partial charge < -0.3 is 4.90 Å². The molecule has 0 spiro atoms. The second kappa shape index (κ2) is 8.38. The van der Waals surface area contributed by atoms with Gasteiger partial charge in [0, 0.05) is 6.04 Å². The first-order valence-corrected chi connectivity index (χ1v) is 8.83. The molecule has 0 bridgehead atoms. The number of allylic oxidation sites excluding steroid dienone is 1. The van der Waals surface area contributed by atoms with Crippen molar-refractivity contribution in [3.05, 3.63) is 42.5 Å². The molecular formula is C20H31N. The summed E-state index contributed by atoms with van der Waals surface area (Å²) in [5, 5.41) is 0. The van der Waals surface area contributed by atoms with Crippen molar-refractivity contribution < 1.29 is 0 Å². The fraction of sp³-hybridized carbons (Fsp3) is 0.600. The minimum atomic E-state index is 0.709. The molecule has 1 saturated heterocycles. The maximum Gasteiger partial charge on any atom is 0.00956 e. The SMILES string of the molecule is C=C(c1ccccc1)C1CCC(N2CCCC2)CC1.CC. The van der Waals surface area contributed by atoms with E-state index in [1.54, 1.807) is 0 Å². The standard InChI is InChI=1S/C18H25N.C2H6/c1-15(16-7-3-2-4-8-16)17-9-11-18(12-10-17)19-13-5-6-14-19;1-2/h2-4,7-8,17-18H,1,5-6,9-14H2;1-2H3.